The summed E-state index contributed by atoms with van der Waals surface area (Å²) in [4.78, 5) is 7.07. The van der Waals surface area contributed by atoms with Crippen molar-refractivity contribution in [2.75, 3.05) is 9.80 Å². The van der Waals surface area contributed by atoms with Gasteiger partial charge in [0.05, 0.1) is 0 Å². The van der Waals surface area contributed by atoms with E-state index in [0.717, 1.165) is 87.5 Å². The molecule has 4 nitrogen and oxygen atoms in total. The summed E-state index contributed by atoms with van der Waals surface area (Å²) in [5.74, 6) is 7.23. The maximum absolute atomic E-state index is 10.4. The minimum absolute atomic E-state index is 0. The SMILES string of the molecule is CC1=C(Br)C2C(C)C(C)C(C)C2S1.CC1=C(c2cc(C(C)(C)C)cc(C(C)(C)C)c2)C2C(C)C(C)C(C)C2S1.C[Si](C)(C)Cl.Cc1cccc(C)c1N1Cc2ccccc2C1=[N-].Cc1cccc(C)c1N1Cc2ccccc2C1=[N-].[CH3-].[CH3-].[Cl][Ti][Cl].[Cl][Ti][Cl]. The predicted octanol–water partition coefficient (Wildman–Crippen LogP) is 24.9. The number of aryl methyl sites for hydroxylation is 4. The van der Waals surface area contributed by atoms with Crippen LogP contribution in [0, 0.1) is 89.9 Å². The van der Waals surface area contributed by atoms with Gasteiger partial charge in [0.2, 0.25) is 0 Å². The van der Waals surface area contributed by atoms with Gasteiger partial charge in [-0.2, -0.15) is 11.1 Å². The van der Waals surface area contributed by atoms with Crippen LogP contribution in [-0.4, -0.2) is 29.6 Å². The number of hydrogen-bond acceptors (Lipinski definition) is 2. The summed E-state index contributed by atoms with van der Waals surface area (Å²) in [6.07, 6.45) is 0. The molecule has 4 aliphatic heterocycles. The number of thioether (sulfide) groups is 2. The zero-order chi connectivity index (χ0) is 64.7. The fraction of sp³-hybridized carbons (Fsp3) is 0.479. The van der Waals surface area contributed by atoms with Crippen LogP contribution in [-0.2, 0) is 58.0 Å². The summed E-state index contributed by atoms with van der Waals surface area (Å²) in [5.41, 5.74) is 17.7. The molecular weight excluding hydrogens is 1380 g/mol. The van der Waals surface area contributed by atoms with Gasteiger partial charge in [-0.3, -0.25) is 0 Å². The average Bonchev–Trinajstić information content (AvgIpc) is 1.96. The van der Waals surface area contributed by atoms with Crippen molar-refractivity contribution >= 4 is 124 Å². The van der Waals surface area contributed by atoms with Crippen LogP contribution in [0.5, 0.6) is 0 Å². The van der Waals surface area contributed by atoms with Crippen LogP contribution in [0.3, 0.4) is 0 Å². The third-order valence-corrected chi connectivity index (χ3v) is 22.8. The van der Waals surface area contributed by atoms with Gasteiger partial charge in [-0.05, 0) is 189 Å². The number of anilines is 2. The van der Waals surface area contributed by atoms with Gasteiger partial charge in [0, 0.05) is 26.8 Å². The third kappa shape index (κ3) is 19.9. The zero-order valence-corrected chi connectivity index (χ0v) is 68.0. The van der Waals surface area contributed by atoms with Gasteiger partial charge < -0.3 is 35.5 Å². The number of allylic oxidation sites excluding steroid dienone is 4. The molecule has 10 unspecified atom stereocenters. The van der Waals surface area contributed by atoms with Crippen LogP contribution >= 0.6 is 87.8 Å². The Morgan fingerprint density at radius 3 is 1.15 bits per heavy atom. The number of benzene rings is 5. The van der Waals surface area contributed by atoms with Gasteiger partial charge in [0.15, 0.2) is 0 Å². The molecule has 4 heterocycles. The van der Waals surface area contributed by atoms with E-state index in [9.17, 15) is 10.8 Å². The first-order chi connectivity index (χ1) is 40.0. The fourth-order valence-electron chi connectivity index (χ4n) is 13.0. The predicted molar refractivity (Wildman–Crippen MR) is 400 cm³/mol. The summed E-state index contributed by atoms with van der Waals surface area (Å²) >= 11 is 12.6. The van der Waals surface area contributed by atoms with Crippen LogP contribution in [0.1, 0.15) is 158 Å². The molecule has 0 aromatic heterocycles. The minimum atomic E-state index is -1.14. The first kappa shape index (κ1) is 81.0. The first-order valence-corrected chi connectivity index (χ1v) is 45.9. The molecule has 0 bridgehead atoms. The molecule has 0 amide bonds. The van der Waals surface area contributed by atoms with Crippen LogP contribution in [0.25, 0.3) is 16.4 Å². The second-order valence-corrected chi connectivity index (χ2v) is 43.7. The van der Waals surface area contributed by atoms with Crippen molar-refractivity contribution in [2.24, 2.45) is 47.3 Å². The Labute approximate surface area is 591 Å². The molecule has 5 aromatic carbocycles. The van der Waals surface area contributed by atoms with Crippen molar-refractivity contribution < 1.29 is 34.1 Å². The maximum atomic E-state index is 10.4. The van der Waals surface area contributed by atoms with Crippen molar-refractivity contribution in [3.8, 4) is 0 Å². The van der Waals surface area contributed by atoms with Gasteiger partial charge in [-0.15, -0.1) is 23.5 Å². The van der Waals surface area contributed by atoms with E-state index >= 15 is 0 Å². The van der Waals surface area contributed by atoms with Crippen LogP contribution in [0.4, 0.5) is 11.4 Å². The molecule has 482 valence electrons. The van der Waals surface area contributed by atoms with E-state index in [1.165, 1.54) is 59.5 Å². The summed E-state index contributed by atoms with van der Waals surface area (Å²) in [6.45, 7) is 49.4. The van der Waals surface area contributed by atoms with E-state index in [2.05, 4.69) is 250 Å². The quantitative estimate of drug-likeness (QED) is 0.103. The Hall–Kier alpha value is -1.20. The van der Waals surface area contributed by atoms with Crippen molar-refractivity contribution in [1.29, 1.82) is 0 Å². The second kappa shape index (κ2) is 35.0. The van der Waals surface area contributed by atoms with E-state index in [0.29, 0.717) is 17.6 Å². The van der Waals surface area contributed by atoms with Gasteiger partial charge in [0.25, 0.3) is 0 Å². The normalized spacial score (nSPS) is 23.6. The molecule has 88 heavy (non-hydrogen) atoms. The second-order valence-electron chi connectivity index (χ2n) is 27.4. The van der Waals surface area contributed by atoms with Gasteiger partial charge in [-0.25, -0.2) is 0 Å². The van der Waals surface area contributed by atoms with Gasteiger partial charge in [-0.1, -0.05) is 233 Å². The molecule has 5 aromatic rings. The number of rotatable bonds is 3. The van der Waals surface area contributed by atoms with Gasteiger partial charge >= 0.3 is 71.3 Å². The summed E-state index contributed by atoms with van der Waals surface area (Å²) in [6, 6.07) is 35.9. The molecule has 0 spiro atoms. The number of amidine groups is 2. The Bertz CT molecular complexity index is 3030. The van der Waals surface area contributed by atoms with E-state index in [-0.39, 0.29) is 25.7 Å². The molecule has 0 radical (unpaired) electrons. The summed E-state index contributed by atoms with van der Waals surface area (Å²) in [7, 11) is 18.4. The topological polar surface area (TPSA) is 51.1 Å². The van der Waals surface area contributed by atoms with E-state index < -0.39 is 41.4 Å². The van der Waals surface area contributed by atoms with E-state index in [1.807, 2.05) is 46.2 Å². The van der Waals surface area contributed by atoms with Crippen LogP contribution in [0.2, 0.25) is 19.6 Å². The molecular formula is C73H100BrCl5N4S2SiTi2-4. The summed E-state index contributed by atoms with van der Waals surface area (Å²) < 4.78 is 1.49. The van der Waals surface area contributed by atoms with Gasteiger partial charge in [0.1, 0.15) is 7.38 Å². The number of fused-ring (bicyclic) bond motifs is 4. The molecule has 15 heteroatoms. The Morgan fingerprint density at radius 1 is 0.500 bits per heavy atom. The van der Waals surface area contributed by atoms with Crippen molar-refractivity contribution in [1.82, 2.24) is 0 Å². The van der Waals surface area contributed by atoms with E-state index in [4.69, 9.17) is 48.3 Å². The molecule has 0 N–H and O–H groups in total. The molecule has 6 aliphatic rings. The number of nitrogens with zero attached hydrogens (tertiary/aromatic N) is 4. The standard InChI is InChI=1S/C25H38S.2C16H15N2.C11H17BrS.C3H9ClSi.2CH3.4ClH.2Ti/c1-14-15(2)21-22(17(4)26-23(21)16(14)3)18-11-19(24(5,6)7)13-20(12-18)25(8,9)10;2*1-11-6-5-7-12(2)15(11)18-10-13-8-3-4-9-14(13)16(18)17;1-5-6(2)9-10(12)8(4)13-11(9)7(5)3;1-5(2,3)4;;;;;;;;/h11-16,21,23H,1-10H3;2*3-9H,10H2,1-2H3;5-7,9,11H,1-4H3;1-3H3;2*1H3;4*1H;;/q;2*-1;;;2*-1;;;;;2*+2/p-4. The molecule has 2 saturated carbocycles. The van der Waals surface area contributed by atoms with Crippen LogP contribution in [0.15, 0.2) is 117 Å². The molecule has 0 saturated heterocycles. The number of para-hydroxylation sites is 2. The third-order valence-electron chi connectivity index (χ3n) is 18.2. The average molecular weight is 1480 g/mol. The van der Waals surface area contributed by atoms with Crippen molar-refractivity contribution in [3.63, 3.8) is 0 Å². The van der Waals surface area contributed by atoms with Crippen molar-refractivity contribution in [3.05, 3.63) is 204 Å². The number of halogens is 6. The summed E-state index contributed by atoms with van der Waals surface area (Å²) in [5, 5.41) is 22.4. The number of hydrogen-bond donors (Lipinski definition) is 0. The Balaban J connectivity index is 0.000000294. The zero-order valence-electron chi connectivity index (χ0n) is 56.9. The van der Waals surface area contributed by atoms with E-state index in [1.54, 1.807) is 10.5 Å². The molecule has 2 aliphatic carbocycles. The first-order valence-electron chi connectivity index (χ1n) is 30.2. The molecule has 2 fully saturated rings. The molecule has 10 atom stereocenters. The Kier molecular flexibility index (Phi) is 32.2. The monoisotopic (exact) mass is 1470 g/mol. The fourth-order valence-corrected chi connectivity index (χ4v) is 17.6. The van der Waals surface area contributed by atoms with Crippen LogP contribution < -0.4 is 9.80 Å². The Morgan fingerprint density at radius 2 is 0.818 bits per heavy atom. The van der Waals surface area contributed by atoms with Crippen molar-refractivity contribution in [2.45, 2.75) is 179 Å². The molecule has 11 rings (SSSR count).